The van der Waals surface area contributed by atoms with Crippen LogP contribution < -0.4 is 5.32 Å². The van der Waals surface area contributed by atoms with Gasteiger partial charge in [0.15, 0.2) is 23.2 Å². The van der Waals surface area contributed by atoms with Gasteiger partial charge in [0.05, 0.1) is 12.9 Å². The molecule has 6 N–H and O–H groups in total. The smallest absolute Gasteiger partial charge is 0.167 e. The normalized spacial score (nSPS) is 24.7. The van der Waals surface area contributed by atoms with Crippen molar-refractivity contribution < 1.29 is 30.3 Å². The maximum absolute atomic E-state index is 10.2. The first-order valence-electron chi connectivity index (χ1n) is 8.53. The lowest BCUT2D eigenvalue weighted by Gasteiger charge is -2.16. The van der Waals surface area contributed by atoms with Gasteiger partial charge >= 0.3 is 0 Å². The summed E-state index contributed by atoms with van der Waals surface area (Å²) in [7, 11) is 0. The van der Waals surface area contributed by atoms with Gasteiger partial charge in [0.1, 0.15) is 36.1 Å². The number of aromatic nitrogens is 4. The molecule has 28 heavy (non-hydrogen) atoms. The van der Waals surface area contributed by atoms with Crippen LogP contribution in [0.3, 0.4) is 0 Å². The lowest BCUT2D eigenvalue weighted by Crippen LogP contribution is -2.33. The zero-order valence-electron chi connectivity index (χ0n) is 14.5. The van der Waals surface area contributed by atoms with Crippen molar-refractivity contribution in [1.82, 2.24) is 19.5 Å². The molecule has 148 valence electrons. The number of hydrogen-bond acceptors (Lipinski definition) is 10. The Morgan fingerprint density at radius 2 is 1.79 bits per heavy atom. The molecule has 4 rings (SSSR count). The second kappa shape index (κ2) is 7.20. The third-order valence-electron chi connectivity index (χ3n) is 4.57. The summed E-state index contributed by atoms with van der Waals surface area (Å²) in [5, 5.41) is 51.6. The standard InChI is InChI=1S/C17H19N5O6/c23-5-11-13(26)14(27)17(28-11)22-7-21-12-15(19-6-20-16(12)22)18-4-8-1-9(24)3-10(25)2-8/h1-3,6-7,11,13-14,17,23-27H,4-5H2,(H,18,19,20)/t11-,13-,14-,17-/m1/s1. The Kier molecular flexibility index (Phi) is 4.73. The lowest BCUT2D eigenvalue weighted by molar-refractivity contribution is -0.0511. The molecule has 2 aromatic heterocycles. The first-order valence-corrected chi connectivity index (χ1v) is 8.53. The predicted octanol–water partition coefficient (Wildman–Crippen LogP) is -0.539. The number of benzene rings is 1. The van der Waals surface area contributed by atoms with Gasteiger partial charge in [-0.2, -0.15) is 0 Å². The number of ether oxygens (including phenoxy) is 1. The second-order valence-electron chi connectivity index (χ2n) is 6.49. The molecule has 11 nitrogen and oxygen atoms in total. The molecule has 0 spiro atoms. The van der Waals surface area contributed by atoms with Crippen molar-refractivity contribution in [3.05, 3.63) is 36.4 Å². The van der Waals surface area contributed by atoms with Crippen LogP contribution in [-0.4, -0.2) is 70.0 Å². The average Bonchev–Trinajstić information content (AvgIpc) is 3.21. The number of fused-ring (bicyclic) bond motifs is 1. The molecular weight excluding hydrogens is 370 g/mol. The van der Waals surface area contributed by atoms with Crippen molar-refractivity contribution in [3.8, 4) is 11.5 Å². The first kappa shape index (κ1) is 18.4. The first-order chi connectivity index (χ1) is 13.5. The number of phenols is 2. The second-order valence-corrected chi connectivity index (χ2v) is 6.49. The van der Waals surface area contributed by atoms with Gasteiger partial charge in [0, 0.05) is 12.6 Å². The molecule has 1 saturated heterocycles. The highest BCUT2D eigenvalue weighted by Crippen LogP contribution is 2.32. The van der Waals surface area contributed by atoms with E-state index in [0.29, 0.717) is 22.5 Å². The van der Waals surface area contributed by atoms with E-state index in [0.717, 1.165) is 0 Å². The minimum absolute atomic E-state index is 0.0572. The molecule has 0 bridgehead atoms. The number of rotatable bonds is 5. The number of aromatic hydroxyl groups is 2. The average molecular weight is 389 g/mol. The molecule has 3 heterocycles. The van der Waals surface area contributed by atoms with E-state index in [9.17, 15) is 25.5 Å². The summed E-state index contributed by atoms with van der Waals surface area (Å²) in [4.78, 5) is 12.6. The van der Waals surface area contributed by atoms with Crippen LogP contribution in [0.25, 0.3) is 11.2 Å². The van der Waals surface area contributed by atoms with Gasteiger partial charge in [-0.1, -0.05) is 0 Å². The molecule has 0 amide bonds. The van der Waals surface area contributed by atoms with E-state index in [-0.39, 0.29) is 18.0 Å². The topological polar surface area (TPSA) is 166 Å². The third-order valence-corrected chi connectivity index (χ3v) is 4.57. The minimum Gasteiger partial charge on any atom is -0.508 e. The van der Waals surface area contributed by atoms with Gasteiger partial charge in [0.25, 0.3) is 0 Å². The SMILES string of the molecule is OC[C@H]1O[C@@H](n2cnc3c(NCc4cc(O)cc(O)c4)ncnc32)[C@H](O)[C@@H]1O. The molecule has 1 aromatic carbocycles. The summed E-state index contributed by atoms with van der Waals surface area (Å²) in [5.41, 5.74) is 1.41. The van der Waals surface area contributed by atoms with E-state index < -0.39 is 31.1 Å². The quantitative estimate of drug-likeness (QED) is 0.334. The molecule has 0 unspecified atom stereocenters. The Morgan fingerprint density at radius 3 is 2.46 bits per heavy atom. The van der Waals surface area contributed by atoms with Crippen LogP contribution in [-0.2, 0) is 11.3 Å². The molecule has 0 aliphatic carbocycles. The molecule has 3 aromatic rings. The van der Waals surface area contributed by atoms with Crippen molar-refractivity contribution in [2.24, 2.45) is 0 Å². The molecule has 1 fully saturated rings. The molecule has 1 aliphatic heterocycles. The Bertz CT molecular complexity index is 975. The van der Waals surface area contributed by atoms with Crippen molar-refractivity contribution in [2.45, 2.75) is 31.1 Å². The molecule has 0 radical (unpaired) electrons. The summed E-state index contributed by atoms with van der Waals surface area (Å²) < 4.78 is 6.98. The Morgan fingerprint density at radius 1 is 1.04 bits per heavy atom. The van der Waals surface area contributed by atoms with Gasteiger partial charge in [-0.15, -0.1) is 0 Å². The number of nitrogens with zero attached hydrogens (tertiary/aromatic N) is 4. The fourth-order valence-corrected chi connectivity index (χ4v) is 3.22. The number of phenolic OH excluding ortho intramolecular Hbond substituents is 2. The van der Waals surface area contributed by atoms with Crippen LogP contribution in [0.1, 0.15) is 11.8 Å². The van der Waals surface area contributed by atoms with Crippen molar-refractivity contribution >= 4 is 17.0 Å². The zero-order chi connectivity index (χ0) is 19.8. The van der Waals surface area contributed by atoms with Gasteiger partial charge in [-0.25, -0.2) is 15.0 Å². The van der Waals surface area contributed by atoms with Crippen molar-refractivity contribution in [2.75, 3.05) is 11.9 Å². The highest BCUT2D eigenvalue weighted by molar-refractivity contribution is 5.82. The molecule has 0 saturated carbocycles. The minimum atomic E-state index is -1.25. The fourth-order valence-electron chi connectivity index (χ4n) is 3.22. The molecule has 1 aliphatic rings. The summed E-state index contributed by atoms with van der Waals surface area (Å²) in [5.74, 6) is 0.287. The Hall–Kier alpha value is -2.99. The van der Waals surface area contributed by atoms with E-state index in [4.69, 9.17) is 4.74 Å². The molecule has 4 atom stereocenters. The van der Waals surface area contributed by atoms with Crippen LogP contribution in [0.15, 0.2) is 30.9 Å². The van der Waals surface area contributed by atoms with Crippen LogP contribution >= 0.6 is 0 Å². The lowest BCUT2D eigenvalue weighted by atomic mass is 10.1. The molecule has 11 heteroatoms. The number of nitrogens with one attached hydrogen (secondary N) is 1. The number of aliphatic hydroxyl groups excluding tert-OH is 3. The Labute approximate surface area is 158 Å². The maximum Gasteiger partial charge on any atom is 0.167 e. The van der Waals surface area contributed by atoms with Crippen LogP contribution in [0, 0.1) is 0 Å². The van der Waals surface area contributed by atoms with E-state index in [2.05, 4.69) is 20.3 Å². The van der Waals surface area contributed by atoms with E-state index in [1.54, 1.807) is 0 Å². The van der Waals surface area contributed by atoms with Gasteiger partial charge < -0.3 is 35.6 Å². The van der Waals surface area contributed by atoms with Crippen LogP contribution in [0.5, 0.6) is 11.5 Å². The summed E-state index contributed by atoms with van der Waals surface area (Å²) in [6.45, 7) is -0.172. The Balaban J connectivity index is 1.60. The summed E-state index contributed by atoms with van der Waals surface area (Å²) in [6, 6.07) is 4.24. The third kappa shape index (κ3) is 3.20. The summed E-state index contributed by atoms with van der Waals surface area (Å²) in [6.07, 6.45) is -1.63. The van der Waals surface area contributed by atoms with Crippen molar-refractivity contribution in [1.29, 1.82) is 0 Å². The molecular formula is C17H19N5O6. The number of aliphatic hydroxyl groups is 3. The monoisotopic (exact) mass is 389 g/mol. The van der Waals surface area contributed by atoms with Gasteiger partial charge in [-0.05, 0) is 17.7 Å². The van der Waals surface area contributed by atoms with E-state index in [1.807, 2.05) is 0 Å². The largest absolute Gasteiger partial charge is 0.508 e. The van der Waals surface area contributed by atoms with E-state index in [1.165, 1.54) is 35.4 Å². The highest BCUT2D eigenvalue weighted by Gasteiger charge is 2.44. The number of anilines is 1. The van der Waals surface area contributed by atoms with E-state index >= 15 is 0 Å². The van der Waals surface area contributed by atoms with Crippen LogP contribution in [0.4, 0.5) is 5.82 Å². The fraction of sp³-hybridized carbons (Fsp3) is 0.353. The number of hydrogen-bond donors (Lipinski definition) is 6. The number of imidazole rings is 1. The maximum atomic E-state index is 10.2. The van der Waals surface area contributed by atoms with Gasteiger partial charge in [0.2, 0.25) is 0 Å². The van der Waals surface area contributed by atoms with Gasteiger partial charge in [-0.3, -0.25) is 4.57 Å². The van der Waals surface area contributed by atoms with Crippen molar-refractivity contribution in [3.63, 3.8) is 0 Å². The van der Waals surface area contributed by atoms with Crippen LogP contribution in [0.2, 0.25) is 0 Å². The zero-order valence-corrected chi connectivity index (χ0v) is 14.5. The predicted molar refractivity (Wildman–Crippen MR) is 95.4 cm³/mol. The summed E-state index contributed by atoms with van der Waals surface area (Å²) >= 11 is 0. The highest BCUT2D eigenvalue weighted by atomic mass is 16.6.